The monoisotopic (exact) mass is 331 g/mol. The van der Waals surface area contributed by atoms with Gasteiger partial charge in [0.2, 0.25) is 5.65 Å². The number of methoxy groups -OCH3 is 1. The Labute approximate surface area is 137 Å². The molecule has 7 nitrogen and oxygen atoms in total. The summed E-state index contributed by atoms with van der Waals surface area (Å²) in [5.74, 6) is 1.99. The second-order valence-corrected chi connectivity index (χ2v) is 5.58. The van der Waals surface area contributed by atoms with Crippen molar-refractivity contribution in [2.45, 2.75) is 0 Å². The fourth-order valence-corrected chi connectivity index (χ4v) is 2.94. The van der Waals surface area contributed by atoms with Crippen molar-refractivity contribution in [3.63, 3.8) is 0 Å². The molecule has 3 heterocycles. The van der Waals surface area contributed by atoms with Crippen molar-refractivity contribution in [3.8, 4) is 22.9 Å². The minimum absolute atomic E-state index is 0.365. The summed E-state index contributed by atoms with van der Waals surface area (Å²) < 4.78 is 12.6. The summed E-state index contributed by atoms with van der Waals surface area (Å²) in [4.78, 5) is 2.01. The van der Waals surface area contributed by atoms with E-state index >= 15 is 0 Å². The van der Waals surface area contributed by atoms with Gasteiger partial charge in [0.05, 0.1) is 13.7 Å². The van der Waals surface area contributed by atoms with E-state index in [1.165, 1.54) is 0 Å². The standard InChI is InChI=1S/C15H14ClN5O2/c1-20-7-8-23-12-11(20)13(16)19-21-14(17-18-15(12)21)9-3-5-10(22-2)6-4-9/h3-6H,7-8H2,1-2H3. The quantitative estimate of drug-likeness (QED) is 0.718. The van der Waals surface area contributed by atoms with E-state index in [9.17, 15) is 0 Å². The van der Waals surface area contributed by atoms with Crippen LogP contribution in [0.25, 0.3) is 17.0 Å². The van der Waals surface area contributed by atoms with Gasteiger partial charge in [-0.25, -0.2) is 0 Å². The Bertz CT molecular complexity index is 878. The van der Waals surface area contributed by atoms with Crippen molar-refractivity contribution in [2.75, 3.05) is 32.2 Å². The van der Waals surface area contributed by atoms with Gasteiger partial charge in [-0.3, -0.25) is 0 Å². The molecule has 1 aliphatic heterocycles. The molecule has 23 heavy (non-hydrogen) atoms. The molecule has 8 heteroatoms. The molecule has 0 spiro atoms. The van der Waals surface area contributed by atoms with Crippen LogP contribution >= 0.6 is 11.6 Å². The molecule has 2 aromatic heterocycles. The van der Waals surface area contributed by atoms with Crippen LogP contribution in [0.2, 0.25) is 5.15 Å². The average molecular weight is 332 g/mol. The molecular weight excluding hydrogens is 318 g/mol. The minimum Gasteiger partial charge on any atom is -0.497 e. The maximum atomic E-state index is 6.35. The highest BCUT2D eigenvalue weighted by Crippen LogP contribution is 2.39. The number of benzene rings is 1. The lowest BCUT2D eigenvalue weighted by Gasteiger charge is -2.27. The van der Waals surface area contributed by atoms with Crippen molar-refractivity contribution >= 4 is 22.9 Å². The second kappa shape index (κ2) is 5.27. The second-order valence-electron chi connectivity index (χ2n) is 5.23. The Balaban J connectivity index is 1.91. The number of ether oxygens (including phenoxy) is 2. The van der Waals surface area contributed by atoms with Crippen molar-refractivity contribution in [2.24, 2.45) is 0 Å². The zero-order valence-corrected chi connectivity index (χ0v) is 13.4. The van der Waals surface area contributed by atoms with Gasteiger partial charge in [-0.2, -0.15) is 4.52 Å². The number of nitrogens with zero attached hydrogens (tertiary/aromatic N) is 5. The van der Waals surface area contributed by atoms with Crippen LogP contribution in [0, 0.1) is 0 Å². The molecule has 0 N–H and O–H groups in total. The first kappa shape index (κ1) is 14.1. The summed E-state index contributed by atoms with van der Waals surface area (Å²) in [7, 11) is 3.58. The van der Waals surface area contributed by atoms with E-state index in [2.05, 4.69) is 15.3 Å². The lowest BCUT2D eigenvalue weighted by atomic mass is 10.2. The van der Waals surface area contributed by atoms with Crippen LogP contribution < -0.4 is 14.4 Å². The fraction of sp³-hybridized carbons (Fsp3) is 0.267. The molecular formula is C15H14ClN5O2. The predicted octanol–water partition coefficient (Wildman–Crippen LogP) is 2.28. The van der Waals surface area contributed by atoms with Gasteiger partial charge in [0.15, 0.2) is 16.7 Å². The van der Waals surface area contributed by atoms with E-state index in [0.29, 0.717) is 29.0 Å². The Morgan fingerprint density at radius 3 is 2.74 bits per heavy atom. The Hall–Kier alpha value is -2.54. The molecule has 0 saturated carbocycles. The van der Waals surface area contributed by atoms with Gasteiger partial charge < -0.3 is 14.4 Å². The number of anilines is 1. The summed E-state index contributed by atoms with van der Waals surface area (Å²) in [5, 5.41) is 13.3. The third kappa shape index (κ3) is 2.16. The van der Waals surface area contributed by atoms with Gasteiger partial charge in [0, 0.05) is 12.6 Å². The Morgan fingerprint density at radius 2 is 2.00 bits per heavy atom. The van der Waals surface area contributed by atoms with Crippen LogP contribution in [0.1, 0.15) is 0 Å². The van der Waals surface area contributed by atoms with Gasteiger partial charge >= 0.3 is 0 Å². The molecule has 3 aromatic rings. The largest absolute Gasteiger partial charge is 0.497 e. The SMILES string of the molecule is COc1ccc(-c2nnc3c4c(c(Cl)nn23)N(C)CCO4)cc1. The zero-order chi connectivity index (χ0) is 16.0. The molecule has 0 bridgehead atoms. The molecule has 1 aromatic carbocycles. The number of fused-ring (bicyclic) bond motifs is 3. The molecule has 0 amide bonds. The van der Waals surface area contributed by atoms with Gasteiger partial charge in [-0.05, 0) is 24.3 Å². The lowest BCUT2D eigenvalue weighted by Crippen LogP contribution is -2.30. The van der Waals surface area contributed by atoms with E-state index in [1.54, 1.807) is 11.6 Å². The minimum atomic E-state index is 0.365. The Morgan fingerprint density at radius 1 is 1.22 bits per heavy atom. The first-order valence-corrected chi connectivity index (χ1v) is 7.50. The van der Waals surface area contributed by atoms with Gasteiger partial charge in [-0.1, -0.05) is 11.6 Å². The first-order chi connectivity index (χ1) is 11.2. The highest BCUT2D eigenvalue weighted by atomic mass is 35.5. The van der Waals surface area contributed by atoms with E-state index in [4.69, 9.17) is 21.1 Å². The summed E-state index contributed by atoms with van der Waals surface area (Å²) in [6, 6.07) is 7.52. The van der Waals surface area contributed by atoms with Gasteiger partial charge in [-0.15, -0.1) is 15.3 Å². The average Bonchev–Trinajstić information content (AvgIpc) is 2.99. The number of hydrogen-bond donors (Lipinski definition) is 0. The Kier molecular flexibility index (Phi) is 3.23. The zero-order valence-electron chi connectivity index (χ0n) is 12.7. The third-order valence-electron chi connectivity index (χ3n) is 3.85. The van der Waals surface area contributed by atoms with E-state index in [0.717, 1.165) is 23.5 Å². The van der Waals surface area contributed by atoms with Crippen molar-refractivity contribution in [3.05, 3.63) is 29.4 Å². The van der Waals surface area contributed by atoms with Crippen LogP contribution in [0.15, 0.2) is 24.3 Å². The summed E-state index contributed by atoms with van der Waals surface area (Å²) >= 11 is 6.35. The van der Waals surface area contributed by atoms with Crippen LogP contribution in [0.4, 0.5) is 5.69 Å². The molecule has 4 rings (SSSR count). The molecule has 0 radical (unpaired) electrons. The molecule has 0 atom stereocenters. The van der Waals surface area contributed by atoms with Gasteiger partial charge in [0.1, 0.15) is 18.0 Å². The normalized spacial score (nSPS) is 13.8. The van der Waals surface area contributed by atoms with Crippen LogP contribution in [0.3, 0.4) is 0 Å². The van der Waals surface area contributed by atoms with Crippen molar-refractivity contribution in [1.82, 2.24) is 19.8 Å². The van der Waals surface area contributed by atoms with E-state index in [-0.39, 0.29) is 0 Å². The fourth-order valence-electron chi connectivity index (χ4n) is 2.63. The third-order valence-corrected chi connectivity index (χ3v) is 4.10. The first-order valence-electron chi connectivity index (χ1n) is 7.12. The van der Waals surface area contributed by atoms with Crippen molar-refractivity contribution in [1.29, 1.82) is 0 Å². The van der Waals surface area contributed by atoms with Crippen LogP contribution in [-0.2, 0) is 0 Å². The maximum absolute atomic E-state index is 6.35. The highest BCUT2D eigenvalue weighted by molar-refractivity contribution is 6.32. The maximum Gasteiger partial charge on any atom is 0.222 e. The summed E-state index contributed by atoms with van der Waals surface area (Å²) in [5.41, 5.74) is 2.17. The number of hydrogen-bond acceptors (Lipinski definition) is 6. The topological polar surface area (TPSA) is 64.8 Å². The molecule has 0 saturated heterocycles. The summed E-state index contributed by atoms with van der Waals surface area (Å²) in [6.07, 6.45) is 0. The molecule has 1 aliphatic rings. The van der Waals surface area contributed by atoms with Crippen molar-refractivity contribution < 1.29 is 9.47 Å². The summed E-state index contributed by atoms with van der Waals surface area (Å²) in [6.45, 7) is 1.33. The van der Waals surface area contributed by atoms with Crippen LogP contribution in [-0.4, -0.2) is 47.1 Å². The number of likely N-dealkylation sites (N-methyl/N-ethyl adjacent to an activating group) is 1. The molecule has 0 fully saturated rings. The lowest BCUT2D eigenvalue weighted by molar-refractivity contribution is 0.312. The van der Waals surface area contributed by atoms with Crippen LogP contribution in [0.5, 0.6) is 11.5 Å². The molecule has 0 aliphatic carbocycles. The van der Waals surface area contributed by atoms with E-state index < -0.39 is 0 Å². The van der Waals surface area contributed by atoms with E-state index in [1.807, 2.05) is 36.2 Å². The predicted molar refractivity (Wildman–Crippen MR) is 86.5 cm³/mol. The number of halogens is 1. The number of aromatic nitrogens is 4. The van der Waals surface area contributed by atoms with Gasteiger partial charge in [0.25, 0.3) is 0 Å². The highest BCUT2D eigenvalue weighted by Gasteiger charge is 2.26. The molecule has 118 valence electrons. The smallest absolute Gasteiger partial charge is 0.222 e. The molecule has 0 unspecified atom stereocenters. The number of rotatable bonds is 2.